The number of nitrogens with one attached hydrogen (secondary N) is 1. The average molecular weight is 697 g/mol. The van der Waals surface area contributed by atoms with Crippen LogP contribution in [-0.2, 0) is 32.7 Å². The molecule has 5 N–H and O–H groups in total. The smallest absolute Gasteiger partial charge is 0.406 e. The minimum absolute atomic E-state index is 0.0727. The number of carbonyl (C=O) groups excluding carboxylic acids is 2. The molecule has 2 aromatic heterocycles. The molecule has 0 amide bonds. The first kappa shape index (κ1) is 37.4. The Balaban J connectivity index is 1.78. The van der Waals surface area contributed by atoms with Gasteiger partial charge in [-0.1, -0.05) is 11.8 Å². The van der Waals surface area contributed by atoms with Gasteiger partial charge in [0.25, 0.3) is 0 Å². The number of alkyl halides is 1. The van der Waals surface area contributed by atoms with Crippen molar-refractivity contribution in [3.63, 3.8) is 0 Å². The summed E-state index contributed by atoms with van der Waals surface area (Å²) in [5.74, 6) is -0.523. The van der Waals surface area contributed by atoms with Crippen LogP contribution in [-0.4, -0.2) is 102 Å². The van der Waals surface area contributed by atoms with Crippen LogP contribution in [0.15, 0.2) is 6.33 Å². The van der Waals surface area contributed by atoms with Crippen molar-refractivity contribution in [2.24, 2.45) is 5.41 Å². The molecule has 3 rings (SSSR count). The van der Waals surface area contributed by atoms with Crippen LogP contribution in [0.5, 0.6) is 5.88 Å². The summed E-state index contributed by atoms with van der Waals surface area (Å²) in [6.45, 7) is 10.5. The third-order valence-corrected chi connectivity index (χ3v) is 9.96. The highest BCUT2D eigenvalue weighted by Crippen LogP contribution is 2.48. The summed E-state index contributed by atoms with van der Waals surface area (Å²) in [5.41, 5.74) is 5.46. The molecule has 6 atom stereocenters. The number of halogens is 1. The summed E-state index contributed by atoms with van der Waals surface area (Å²) in [5, 5.41) is 22.8. The van der Waals surface area contributed by atoms with Crippen LogP contribution in [0.1, 0.15) is 54.7 Å². The third kappa shape index (κ3) is 9.05. The molecule has 2 aromatic rings. The zero-order chi connectivity index (χ0) is 33.7. The fourth-order valence-corrected chi connectivity index (χ4v) is 6.83. The fourth-order valence-electron chi connectivity index (χ4n) is 4.13. The summed E-state index contributed by atoms with van der Waals surface area (Å²) >= 11 is 7.69. The molecule has 1 fully saturated rings. The molecule has 16 nitrogen and oxygen atoms in total. The lowest BCUT2D eigenvalue weighted by Crippen LogP contribution is -2.40. The summed E-state index contributed by atoms with van der Waals surface area (Å²) in [4.78, 5) is 36.0. The van der Waals surface area contributed by atoms with Crippen molar-refractivity contribution in [3.05, 3.63) is 6.33 Å². The number of hydrogen-bond donors (Lipinski definition) is 4. The lowest BCUT2D eigenvalue weighted by molar-refractivity contribution is -0.149. The number of nitrogens with zero attached hydrogens (tertiary/aromatic N) is 4. The number of imidazole rings is 1. The Morgan fingerprint density at radius 2 is 2.00 bits per heavy atom. The molecule has 0 radical (unpaired) electrons. The maximum atomic E-state index is 13.8. The second-order valence-electron chi connectivity index (χ2n) is 11.4. The minimum atomic E-state index is -4.27. The van der Waals surface area contributed by atoms with E-state index >= 15 is 0 Å². The molecular formula is C26H42ClN6O10PS. The van der Waals surface area contributed by atoms with E-state index < -0.39 is 61.2 Å². The summed E-state index contributed by atoms with van der Waals surface area (Å²) in [6.07, 6.45) is -2.54. The summed E-state index contributed by atoms with van der Waals surface area (Å²) < 4.78 is 43.3. The number of nitrogens with two attached hydrogens (primary N) is 1. The number of aliphatic hydroxyl groups is 2. The first-order valence-corrected chi connectivity index (χ1v) is 17.2. The van der Waals surface area contributed by atoms with Crippen LogP contribution in [0.4, 0.5) is 5.95 Å². The van der Waals surface area contributed by atoms with E-state index in [1.165, 1.54) is 17.8 Å². The summed E-state index contributed by atoms with van der Waals surface area (Å²) in [6, 6.07) is -1.11. The molecular weight excluding hydrogens is 655 g/mol. The molecule has 1 unspecified atom stereocenters. The SMILES string of the molecule is CCOc1nc(N)nc2c1ncn2[C@@H]1O[C@H](COP(=O)(N[C@H](C)C(=O)OC(C)C)OCCSC(=O)C(C)(C)CO)[C@@H](O)[C@@]1(C)Cl. The van der Waals surface area contributed by atoms with Gasteiger partial charge in [-0.25, -0.2) is 14.6 Å². The van der Waals surface area contributed by atoms with E-state index in [0.29, 0.717) is 12.1 Å². The van der Waals surface area contributed by atoms with Gasteiger partial charge in [-0.3, -0.25) is 23.2 Å². The van der Waals surface area contributed by atoms with Gasteiger partial charge in [-0.05, 0) is 48.5 Å². The van der Waals surface area contributed by atoms with Crippen LogP contribution in [0, 0.1) is 5.41 Å². The van der Waals surface area contributed by atoms with Crippen LogP contribution in [0.2, 0.25) is 0 Å². The number of fused-ring (bicyclic) bond motifs is 1. The van der Waals surface area contributed by atoms with E-state index in [-0.39, 0.29) is 41.6 Å². The minimum Gasteiger partial charge on any atom is -0.476 e. The molecule has 0 aliphatic carbocycles. The molecule has 45 heavy (non-hydrogen) atoms. The van der Waals surface area contributed by atoms with Gasteiger partial charge in [-0.2, -0.15) is 9.97 Å². The van der Waals surface area contributed by atoms with Gasteiger partial charge in [0.1, 0.15) is 23.1 Å². The highest BCUT2D eigenvalue weighted by molar-refractivity contribution is 8.13. The van der Waals surface area contributed by atoms with E-state index in [9.17, 15) is 24.4 Å². The zero-order valence-corrected chi connectivity index (χ0v) is 28.7. The van der Waals surface area contributed by atoms with Gasteiger partial charge in [-0.15, -0.1) is 11.6 Å². The lowest BCUT2D eigenvalue weighted by Gasteiger charge is -2.26. The van der Waals surface area contributed by atoms with Crippen molar-refractivity contribution < 1.29 is 47.6 Å². The highest BCUT2D eigenvalue weighted by Gasteiger charge is 2.54. The molecule has 3 heterocycles. The Morgan fingerprint density at radius 3 is 2.62 bits per heavy atom. The van der Waals surface area contributed by atoms with Gasteiger partial charge < -0.3 is 30.2 Å². The fraction of sp³-hybridized carbons (Fsp3) is 0.731. The quantitative estimate of drug-likeness (QED) is 0.0857. The van der Waals surface area contributed by atoms with Gasteiger partial charge >= 0.3 is 13.7 Å². The van der Waals surface area contributed by atoms with Crippen molar-refractivity contribution in [3.8, 4) is 5.88 Å². The monoisotopic (exact) mass is 696 g/mol. The molecule has 1 saturated heterocycles. The summed E-state index contributed by atoms with van der Waals surface area (Å²) in [7, 11) is -4.27. The zero-order valence-electron chi connectivity index (χ0n) is 26.3. The maximum Gasteiger partial charge on any atom is 0.406 e. The molecule has 0 saturated carbocycles. The predicted molar refractivity (Wildman–Crippen MR) is 167 cm³/mol. The largest absolute Gasteiger partial charge is 0.476 e. The first-order chi connectivity index (χ1) is 21.0. The van der Waals surface area contributed by atoms with Crippen LogP contribution in [0.3, 0.4) is 0 Å². The Labute approximate surface area is 270 Å². The first-order valence-electron chi connectivity index (χ1n) is 14.3. The van der Waals surface area contributed by atoms with Gasteiger partial charge in [0.15, 0.2) is 22.5 Å². The number of esters is 1. The van der Waals surface area contributed by atoms with E-state index in [4.69, 9.17) is 40.6 Å². The Bertz CT molecular complexity index is 1400. The van der Waals surface area contributed by atoms with Crippen molar-refractivity contribution in [2.75, 3.05) is 37.9 Å². The van der Waals surface area contributed by atoms with Crippen molar-refractivity contribution in [1.82, 2.24) is 24.6 Å². The molecule has 0 spiro atoms. The van der Waals surface area contributed by atoms with Gasteiger partial charge in [0.2, 0.25) is 11.8 Å². The van der Waals surface area contributed by atoms with E-state index in [2.05, 4.69) is 20.0 Å². The van der Waals surface area contributed by atoms with E-state index in [1.807, 2.05) is 0 Å². The van der Waals surface area contributed by atoms with Gasteiger partial charge in [0, 0.05) is 5.75 Å². The number of thioether (sulfide) groups is 1. The second kappa shape index (κ2) is 15.2. The number of carbonyl (C=O) groups is 2. The molecule has 0 bridgehead atoms. The normalized spacial score (nSPS) is 24.1. The average Bonchev–Trinajstić information content (AvgIpc) is 3.47. The van der Waals surface area contributed by atoms with Crippen molar-refractivity contribution in [1.29, 1.82) is 0 Å². The van der Waals surface area contributed by atoms with Crippen molar-refractivity contribution in [2.45, 2.75) is 83.9 Å². The number of rotatable bonds is 16. The number of aliphatic hydroxyl groups excluding tert-OH is 2. The van der Waals surface area contributed by atoms with Crippen LogP contribution >= 0.6 is 31.1 Å². The highest BCUT2D eigenvalue weighted by atomic mass is 35.5. The maximum absolute atomic E-state index is 13.8. The van der Waals surface area contributed by atoms with E-state index in [0.717, 1.165) is 11.8 Å². The van der Waals surface area contributed by atoms with Crippen LogP contribution < -0.4 is 15.6 Å². The number of aromatic nitrogens is 4. The number of ether oxygens (including phenoxy) is 3. The number of anilines is 1. The topological polar surface area (TPSA) is 219 Å². The lowest BCUT2D eigenvalue weighted by atomic mass is 9.97. The number of hydrogen-bond acceptors (Lipinski definition) is 15. The van der Waals surface area contributed by atoms with Gasteiger partial charge in [0.05, 0.1) is 44.3 Å². The molecule has 19 heteroatoms. The molecule has 1 aliphatic rings. The van der Waals surface area contributed by atoms with E-state index in [1.54, 1.807) is 41.5 Å². The molecule has 1 aliphatic heterocycles. The molecule has 254 valence electrons. The third-order valence-electron chi connectivity index (χ3n) is 6.65. The second-order valence-corrected chi connectivity index (χ2v) is 15.1. The Kier molecular flexibility index (Phi) is 12.6. The Morgan fingerprint density at radius 1 is 1.31 bits per heavy atom. The standard InChI is InChI=1S/C26H42ClN6O10PS/c1-8-39-20-17-19(30-24(28)31-20)33(13-29-17)22-26(7,27)18(35)16(43-22)11-41-44(38,32-15(4)21(36)42-14(2)3)40-9-10-45-23(37)25(5,6)12-34/h13-16,18,22,34-35H,8-12H2,1-7H3,(H,32,38)(H2,28,30,31)/t15-,16-,18-,22-,26-,44?/m1/s1. The predicted octanol–water partition coefficient (Wildman–Crippen LogP) is 2.41. The number of nitrogen functional groups attached to an aromatic ring is 1. The molecule has 0 aromatic carbocycles. The Hall–Kier alpha value is -2.08. The van der Waals surface area contributed by atoms with Crippen molar-refractivity contribution >= 4 is 59.3 Å². The van der Waals surface area contributed by atoms with Crippen LogP contribution in [0.25, 0.3) is 11.2 Å².